The Bertz CT molecular complexity index is 327. The van der Waals surface area contributed by atoms with Crippen molar-refractivity contribution in [3.8, 4) is 0 Å². The van der Waals surface area contributed by atoms with Crippen molar-refractivity contribution >= 4 is 17.9 Å². The van der Waals surface area contributed by atoms with Crippen molar-refractivity contribution in [1.29, 1.82) is 0 Å². The minimum absolute atomic E-state index is 0.0489. The van der Waals surface area contributed by atoms with E-state index in [2.05, 4.69) is 10.7 Å². The Morgan fingerprint density at radius 1 is 1.00 bits per heavy atom. The second-order valence-electron chi connectivity index (χ2n) is 4.64. The van der Waals surface area contributed by atoms with Crippen molar-refractivity contribution in [3.05, 3.63) is 0 Å². The molecule has 1 fully saturated rings. The second-order valence-corrected chi connectivity index (χ2v) is 4.64. The molecule has 7 nitrogen and oxygen atoms in total. The number of urea groups is 1. The summed E-state index contributed by atoms with van der Waals surface area (Å²) in [4.78, 5) is 33.2. The molecule has 3 amide bonds. The highest BCUT2D eigenvalue weighted by molar-refractivity contribution is 5.94. The highest BCUT2D eigenvalue weighted by Gasteiger charge is 2.14. The summed E-state index contributed by atoms with van der Waals surface area (Å²) in [6, 6.07) is -0.509. The van der Waals surface area contributed by atoms with Crippen molar-refractivity contribution in [2.75, 3.05) is 13.1 Å². The topological polar surface area (TPSA) is 98.7 Å². The number of hydrogen-bond acceptors (Lipinski definition) is 4. The molecule has 7 heteroatoms. The summed E-state index contributed by atoms with van der Waals surface area (Å²) in [7, 11) is 0. The molecule has 1 aliphatic rings. The summed E-state index contributed by atoms with van der Waals surface area (Å²) in [6.07, 6.45) is 4.38. The van der Waals surface area contributed by atoms with E-state index in [1.807, 2.05) is 0 Å². The number of hydrogen-bond donors (Lipinski definition) is 3. The Morgan fingerprint density at radius 3 is 2.26 bits per heavy atom. The van der Waals surface area contributed by atoms with Crippen LogP contribution in [0.4, 0.5) is 4.79 Å². The third-order valence-electron chi connectivity index (χ3n) is 2.91. The number of carboxylic acids is 1. The fourth-order valence-corrected chi connectivity index (χ4v) is 1.93. The molecule has 1 heterocycles. The zero-order chi connectivity index (χ0) is 14.1. The Hall–Kier alpha value is -1.63. The van der Waals surface area contributed by atoms with E-state index in [0.717, 1.165) is 25.9 Å². The van der Waals surface area contributed by atoms with Crippen LogP contribution in [-0.2, 0) is 9.59 Å². The van der Waals surface area contributed by atoms with Gasteiger partial charge in [-0.25, -0.2) is 9.80 Å². The van der Waals surface area contributed by atoms with Crippen LogP contribution >= 0.6 is 0 Å². The van der Waals surface area contributed by atoms with E-state index in [9.17, 15) is 14.4 Å². The Morgan fingerprint density at radius 2 is 1.63 bits per heavy atom. The molecule has 0 aromatic carbocycles. The molecule has 108 valence electrons. The number of rotatable bonds is 6. The standard InChI is InChI=1S/C12H21N3O4/c16-10(6-2-3-7-11(17)18)13-12(19)14-15-8-4-1-5-9-15/h1-9H2,(H,17,18)(H2,13,14,16,19). The first-order chi connectivity index (χ1) is 9.08. The van der Waals surface area contributed by atoms with E-state index >= 15 is 0 Å². The maximum absolute atomic E-state index is 11.5. The summed E-state index contributed by atoms with van der Waals surface area (Å²) in [6.45, 7) is 1.61. The highest BCUT2D eigenvalue weighted by atomic mass is 16.4. The van der Waals surface area contributed by atoms with Gasteiger partial charge in [0.2, 0.25) is 5.91 Å². The molecule has 0 bridgehead atoms. The lowest BCUT2D eigenvalue weighted by atomic mass is 10.2. The lowest BCUT2D eigenvalue weighted by Crippen LogP contribution is -2.50. The highest BCUT2D eigenvalue weighted by Crippen LogP contribution is 2.05. The van der Waals surface area contributed by atoms with Crippen molar-refractivity contribution in [3.63, 3.8) is 0 Å². The van der Waals surface area contributed by atoms with Crippen LogP contribution in [0.5, 0.6) is 0 Å². The lowest BCUT2D eigenvalue weighted by molar-refractivity contribution is -0.137. The first-order valence-electron chi connectivity index (χ1n) is 6.65. The summed E-state index contributed by atoms with van der Waals surface area (Å²) >= 11 is 0. The third kappa shape index (κ3) is 7.40. The molecule has 0 atom stereocenters. The van der Waals surface area contributed by atoms with Gasteiger partial charge in [0.05, 0.1) is 0 Å². The zero-order valence-electron chi connectivity index (χ0n) is 11.0. The maximum Gasteiger partial charge on any atom is 0.335 e. The molecule has 0 aromatic heterocycles. The number of imide groups is 1. The van der Waals surface area contributed by atoms with Gasteiger partial charge in [-0.05, 0) is 25.7 Å². The average molecular weight is 271 g/mol. The SMILES string of the molecule is O=C(O)CCCCC(=O)NC(=O)NN1CCCCC1. The molecule has 19 heavy (non-hydrogen) atoms. The molecule has 1 aliphatic heterocycles. The molecule has 1 saturated heterocycles. The average Bonchev–Trinajstić information content (AvgIpc) is 2.35. The van der Waals surface area contributed by atoms with Crippen molar-refractivity contribution in [2.24, 2.45) is 0 Å². The number of nitrogens with one attached hydrogen (secondary N) is 2. The van der Waals surface area contributed by atoms with Crippen LogP contribution in [-0.4, -0.2) is 41.1 Å². The van der Waals surface area contributed by atoms with Crippen LogP contribution in [0.15, 0.2) is 0 Å². The summed E-state index contributed by atoms with van der Waals surface area (Å²) in [5.41, 5.74) is 2.63. The van der Waals surface area contributed by atoms with E-state index < -0.39 is 12.0 Å². The van der Waals surface area contributed by atoms with E-state index in [0.29, 0.717) is 12.8 Å². The van der Waals surface area contributed by atoms with E-state index in [1.165, 1.54) is 6.42 Å². The summed E-state index contributed by atoms with van der Waals surface area (Å²) in [5, 5.41) is 12.5. The predicted octanol–water partition coefficient (Wildman–Crippen LogP) is 0.858. The van der Waals surface area contributed by atoms with E-state index in [4.69, 9.17) is 5.11 Å². The van der Waals surface area contributed by atoms with Crippen LogP contribution in [0.1, 0.15) is 44.9 Å². The van der Waals surface area contributed by atoms with Gasteiger partial charge in [-0.1, -0.05) is 6.42 Å². The summed E-state index contributed by atoms with van der Waals surface area (Å²) < 4.78 is 0. The molecular weight excluding hydrogens is 250 g/mol. The quantitative estimate of drug-likeness (QED) is 0.622. The van der Waals surface area contributed by atoms with Crippen LogP contribution in [0, 0.1) is 0 Å². The molecule has 1 rings (SSSR count). The maximum atomic E-state index is 11.5. The number of nitrogens with zero attached hydrogens (tertiary/aromatic N) is 1. The largest absolute Gasteiger partial charge is 0.481 e. The van der Waals surface area contributed by atoms with E-state index in [1.54, 1.807) is 5.01 Å². The molecule has 0 spiro atoms. The minimum Gasteiger partial charge on any atom is -0.481 e. The minimum atomic E-state index is -0.872. The van der Waals surface area contributed by atoms with E-state index in [-0.39, 0.29) is 18.7 Å². The number of carbonyl (C=O) groups is 3. The van der Waals surface area contributed by atoms with Gasteiger partial charge in [0.15, 0.2) is 0 Å². The first-order valence-corrected chi connectivity index (χ1v) is 6.65. The second kappa shape index (κ2) is 8.47. The Kier molecular flexibility index (Phi) is 6.88. The normalized spacial score (nSPS) is 15.8. The number of piperidine rings is 1. The van der Waals surface area contributed by atoms with Crippen molar-refractivity contribution in [2.45, 2.75) is 44.9 Å². The molecule has 0 aliphatic carbocycles. The number of unbranched alkanes of at least 4 members (excludes halogenated alkanes) is 1. The third-order valence-corrected chi connectivity index (χ3v) is 2.91. The fraction of sp³-hybridized carbons (Fsp3) is 0.750. The molecule has 0 aromatic rings. The van der Waals surface area contributed by atoms with Crippen molar-refractivity contribution in [1.82, 2.24) is 15.8 Å². The van der Waals surface area contributed by atoms with Gasteiger partial charge < -0.3 is 5.11 Å². The smallest absolute Gasteiger partial charge is 0.335 e. The number of carboxylic acid groups (broad SMARTS) is 1. The summed E-state index contributed by atoms with van der Waals surface area (Å²) in [5.74, 6) is -1.25. The molecule has 0 saturated carbocycles. The van der Waals surface area contributed by atoms with Gasteiger partial charge in [-0.2, -0.15) is 0 Å². The van der Waals surface area contributed by atoms with Crippen LogP contribution < -0.4 is 10.7 Å². The number of hydrazine groups is 1. The van der Waals surface area contributed by atoms with Gasteiger partial charge in [0.25, 0.3) is 0 Å². The molecule has 0 radical (unpaired) electrons. The lowest BCUT2D eigenvalue weighted by Gasteiger charge is -2.26. The van der Waals surface area contributed by atoms with Gasteiger partial charge in [-0.3, -0.25) is 20.3 Å². The molecule has 3 N–H and O–H groups in total. The zero-order valence-corrected chi connectivity index (χ0v) is 11.0. The number of amides is 3. The fourth-order valence-electron chi connectivity index (χ4n) is 1.93. The van der Waals surface area contributed by atoms with Crippen LogP contribution in [0.25, 0.3) is 0 Å². The Balaban J connectivity index is 2.09. The van der Waals surface area contributed by atoms with Crippen LogP contribution in [0.2, 0.25) is 0 Å². The number of carbonyl (C=O) groups excluding carboxylic acids is 2. The van der Waals surface area contributed by atoms with Gasteiger partial charge >= 0.3 is 12.0 Å². The Labute approximate surface area is 112 Å². The van der Waals surface area contributed by atoms with Gasteiger partial charge in [0.1, 0.15) is 0 Å². The monoisotopic (exact) mass is 271 g/mol. The van der Waals surface area contributed by atoms with Gasteiger partial charge in [-0.15, -0.1) is 0 Å². The van der Waals surface area contributed by atoms with Gasteiger partial charge in [0, 0.05) is 25.9 Å². The number of aliphatic carboxylic acids is 1. The van der Waals surface area contributed by atoms with Crippen molar-refractivity contribution < 1.29 is 19.5 Å². The van der Waals surface area contributed by atoms with Crippen LogP contribution in [0.3, 0.4) is 0 Å². The molecular formula is C12H21N3O4. The predicted molar refractivity (Wildman–Crippen MR) is 68.2 cm³/mol. The molecule has 0 unspecified atom stereocenters. The first kappa shape index (κ1) is 15.4.